The molecule has 0 spiro atoms. The molecule has 8 nitrogen and oxygen atoms in total. The highest BCUT2D eigenvalue weighted by Crippen LogP contribution is 2.22. The Morgan fingerprint density at radius 2 is 1.50 bits per heavy atom. The summed E-state index contributed by atoms with van der Waals surface area (Å²) in [7, 11) is 0. The fraction of sp³-hybridized carbons (Fsp3) is 0.464. The normalized spacial score (nSPS) is 15.7. The maximum atomic E-state index is 13.4. The van der Waals surface area contributed by atoms with Crippen LogP contribution in [0.15, 0.2) is 54.6 Å². The number of carbonyl (C=O) groups is 3. The molecular weight excluding hydrogens is 458 g/mol. The molecule has 2 aromatic rings. The van der Waals surface area contributed by atoms with Gasteiger partial charge in [-0.1, -0.05) is 61.0 Å². The third-order valence-corrected chi connectivity index (χ3v) is 6.86. The molecule has 0 saturated heterocycles. The van der Waals surface area contributed by atoms with Crippen LogP contribution in [0.25, 0.3) is 0 Å². The van der Waals surface area contributed by atoms with Gasteiger partial charge < -0.3 is 21.3 Å². The fourth-order valence-corrected chi connectivity index (χ4v) is 4.82. The van der Waals surface area contributed by atoms with Crippen LogP contribution >= 0.6 is 0 Å². The molecule has 0 radical (unpaired) electrons. The molecule has 1 aliphatic carbocycles. The van der Waals surface area contributed by atoms with Gasteiger partial charge in [0.15, 0.2) is 5.78 Å². The third-order valence-electron chi connectivity index (χ3n) is 6.86. The average Bonchev–Trinajstić information content (AvgIpc) is 3.28. The molecule has 0 aliphatic heterocycles. The molecule has 36 heavy (non-hydrogen) atoms. The van der Waals surface area contributed by atoms with Crippen molar-refractivity contribution in [2.75, 3.05) is 13.1 Å². The van der Waals surface area contributed by atoms with Crippen LogP contribution in [0.5, 0.6) is 0 Å². The number of hydrogen-bond donors (Lipinski definition) is 5. The highest BCUT2D eigenvalue weighted by Gasteiger charge is 2.35. The third kappa shape index (κ3) is 7.98. The highest BCUT2D eigenvalue weighted by atomic mass is 16.4. The number of nitrogens with two attached hydrogens (primary N) is 1. The number of hydrogen-bond acceptors (Lipinski definition) is 6. The first-order valence-corrected chi connectivity index (χ1v) is 12.7. The molecule has 2 aromatic carbocycles. The second kappa shape index (κ2) is 13.9. The Morgan fingerprint density at radius 1 is 0.861 bits per heavy atom. The number of carbonyl (C=O) groups excluding carboxylic acids is 1. The number of aryl methyl sites for hydroxylation is 1. The van der Waals surface area contributed by atoms with Crippen LogP contribution in [0.3, 0.4) is 0 Å². The minimum atomic E-state index is -1.27. The minimum absolute atomic E-state index is 0.00362. The molecule has 0 amide bonds. The number of Topliss-reactive ketones (excluding diaryl/α,β-unsaturated/α-hetero) is 1. The number of benzene rings is 2. The Bertz CT molecular complexity index is 988. The summed E-state index contributed by atoms with van der Waals surface area (Å²) in [6.07, 6.45) is 4.00. The summed E-state index contributed by atoms with van der Waals surface area (Å²) < 4.78 is 0. The Kier molecular flexibility index (Phi) is 10.6. The van der Waals surface area contributed by atoms with Gasteiger partial charge in [0.1, 0.15) is 12.0 Å². The van der Waals surface area contributed by atoms with Gasteiger partial charge in [-0.15, -0.1) is 0 Å². The Hall–Kier alpha value is -3.07. The number of carboxylic acids is 2. The first-order chi connectivity index (χ1) is 17.4. The van der Waals surface area contributed by atoms with Gasteiger partial charge in [-0.2, -0.15) is 0 Å². The summed E-state index contributed by atoms with van der Waals surface area (Å²) in [5.41, 5.74) is 9.08. The average molecular weight is 496 g/mol. The lowest BCUT2D eigenvalue weighted by atomic mass is 9.92. The summed E-state index contributed by atoms with van der Waals surface area (Å²) >= 11 is 0. The van der Waals surface area contributed by atoms with Crippen molar-refractivity contribution in [3.8, 4) is 0 Å². The monoisotopic (exact) mass is 495 g/mol. The summed E-state index contributed by atoms with van der Waals surface area (Å²) in [6.45, 7) is 0.451. The van der Waals surface area contributed by atoms with Crippen LogP contribution in [0.2, 0.25) is 0 Å². The lowest BCUT2D eigenvalue weighted by Crippen LogP contribution is -2.52. The Morgan fingerprint density at radius 3 is 2.08 bits per heavy atom. The lowest BCUT2D eigenvalue weighted by molar-refractivity contribution is -0.147. The van der Waals surface area contributed by atoms with E-state index in [9.17, 15) is 24.6 Å². The zero-order valence-corrected chi connectivity index (χ0v) is 20.6. The van der Waals surface area contributed by atoms with Crippen LogP contribution in [-0.4, -0.2) is 59.1 Å². The quantitative estimate of drug-likeness (QED) is 0.176. The van der Waals surface area contributed by atoms with Crippen LogP contribution < -0.4 is 16.4 Å². The fourth-order valence-electron chi connectivity index (χ4n) is 4.82. The van der Waals surface area contributed by atoms with Crippen molar-refractivity contribution in [1.82, 2.24) is 10.6 Å². The van der Waals surface area contributed by atoms with Gasteiger partial charge >= 0.3 is 11.9 Å². The summed E-state index contributed by atoms with van der Waals surface area (Å²) in [6, 6.07) is 15.9. The van der Waals surface area contributed by atoms with E-state index in [4.69, 9.17) is 5.73 Å². The number of carboxylic acid groups (broad SMARTS) is 2. The van der Waals surface area contributed by atoms with E-state index in [0.29, 0.717) is 32.2 Å². The van der Waals surface area contributed by atoms with Gasteiger partial charge in [-0.3, -0.25) is 19.7 Å². The van der Waals surface area contributed by atoms with E-state index in [1.54, 1.807) is 0 Å². The molecule has 0 heterocycles. The summed E-state index contributed by atoms with van der Waals surface area (Å²) in [4.78, 5) is 37.5. The van der Waals surface area contributed by atoms with Crippen molar-refractivity contribution < 1.29 is 24.6 Å². The number of aliphatic carboxylic acids is 2. The molecule has 3 atom stereocenters. The zero-order valence-electron chi connectivity index (χ0n) is 20.6. The summed E-state index contributed by atoms with van der Waals surface area (Å²) in [5.74, 6) is -4.03. The molecule has 0 aromatic heterocycles. The summed E-state index contributed by atoms with van der Waals surface area (Å²) in [5, 5.41) is 25.9. The van der Waals surface area contributed by atoms with Gasteiger partial charge in [-0.25, -0.2) is 0 Å². The maximum absolute atomic E-state index is 13.4. The van der Waals surface area contributed by atoms with Gasteiger partial charge in [0, 0.05) is 12.6 Å². The molecule has 0 bridgehead atoms. The van der Waals surface area contributed by atoms with Crippen LogP contribution in [0.1, 0.15) is 42.4 Å². The Labute approximate surface area is 212 Å². The molecule has 3 rings (SSSR count). The number of nitrogens with one attached hydrogen (secondary N) is 2. The molecular formula is C28H37N3O5. The van der Waals surface area contributed by atoms with Crippen molar-refractivity contribution in [2.45, 2.75) is 63.1 Å². The largest absolute Gasteiger partial charge is 0.481 e. The van der Waals surface area contributed by atoms with Gasteiger partial charge in [0.25, 0.3) is 0 Å². The minimum Gasteiger partial charge on any atom is -0.481 e. The van der Waals surface area contributed by atoms with Crippen LogP contribution in [0.4, 0.5) is 0 Å². The van der Waals surface area contributed by atoms with Gasteiger partial charge in [0.05, 0.1) is 6.04 Å². The van der Waals surface area contributed by atoms with E-state index in [0.717, 1.165) is 18.4 Å². The molecule has 0 saturated carbocycles. The SMILES string of the molecule is NCCCC[C@H](N[C@@H](CCc1ccccc1)C(=O)O)C(=O)C(CNC1Cc2ccccc2C1)C(=O)O. The molecule has 6 N–H and O–H groups in total. The molecule has 8 heteroatoms. The standard InChI is InChI=1S/C28H37N3O5/c29-15-7-6-12-24(31-25(28(35)36)14-13-19-8-2-1-3-9-19)26(32)23(27(33)34)18-30-22-16-20-10-4-5-11-21(20)17-22/h1-5,8-11,22-25,30-31H,6-7,12-18,29H2,(H,33,34)(H,35,36)/t23?,24-,25-/m0/s1. The predicted molar refractivity (Wildman–Crippen MR) is 138 cm³/mol. The number of fused-ring (bicyclic) bond motifs is 1. The highest BCUT2D eigenvalue weighted by molar-refractivity contribution is 6.01. The van der Waals surface area contributed by atoms with Crippen molar-refractivity contribution in [1.29, 1.82) is 0 Å². The van der Waals surface area contributed by atoms with Crippen LogP contribution in [0, 0.1) is 5.92 Å². The van der Waals surface area contributed by atoms with E-state index in [1.807, 2.05) is 42.5 Å². The predicted octanol–water partition coefficient (Wildman–Crippen LogP) is 2.19. The maximum Gasteiger partial charge on any atom is 0.320 e. The lowest BCUT2D eigenvalue weighted by Gasteiger charge is -2.26. The zero-order chi connectivity index (χ0) is 25.9. The van der Waals surface area contributed by atoms with E-state index in [-0.39, 0.29) is 19.0 Å². The second-order valence-electron chi connectivity index (χ2n) is 9.49. The molecule has 194 valence electrons. The van der Waals surface area contributed by atoms with Crippen molar-refractivity contribution in [3.63, 3.8) is 0 Å². The first kappa shape index (κ1) is 27.5. The number of ketones is 1. The molecule has 1 aliphatic rings. The van der Waals surface area contributed by atoms with Crippen molar-refractivity contribution in [2.24, 2.45) is 11.7 Å². The topological polar surface area (TPSA) is 142 Å². The Balaban J connectivity index is 1.65. The molecule has 1 unspecified atom stereocenters. The second-order valence-corrected chi connectivity index (χ2v) is 9.49. The first-order valence-electron chi connectivity index (χ1n) is 12.7. The van der Waals surface area contributed by atoms with Crippen LogP contribution in [-0.2, 0) is 33.6 Å². The van der Waals surface area contributed by atoms with Gasteiger partial charge in [0.2, 0.25) is 0 Å². The van der Waals surface area contributed by atoms with Gasteiger partial charge in [-0.05, 0) is 61.8 Å². The van der Waals surface area contributed by atoms with Crippen molar-refractivity contribution >= 4 is 17.7 Å². The van der Waals surface area contributed by atoms with Crippen molar-refractivity contribution in [3.05, 3.63) is 71.3 Å². The molecule has 0 fully saturated rings. The van der Waals surface area contributed by atoms with E-state index >= 15 is 0 Å². The van der Waals surface area contributed by atoms with E-state index < -0.39 is 35.7 Å². The van der Waals surface area contributed by atoms with E-state index in [2.05, 4.69) is 22.8 Å². The van der Waals surface area contributed by atoms with E-state index in [1.165, 1.54) is 11.1 Å². The smallest absolute Gasteiger partial charge is 0.320 e. The number of rotatable bonds is 16. The number of unbranched alkanes of at least 4 members (excludes halogenated alkanes) is 1.